The molecule has 0 amide bonds. The SMILES string of the molecule is NC1=CC(=O)C(Nc2ccc(N3CCOCC3)cc2)=C/C1=N/c1ccc(N2CCOCC2)cc1. The molecule has 176 valence electrons. The normalized spacial score (nSPS) is 20.2. The summed E-state index contributed by atoms with van der Waals surface area (Å²) < 4.78 is 10.8. The van der Waals surface area contributed by atoms with Gasteiger partial charge in [0, 0.05) is 49.3 Å². The highest BCUT2D eigenvalue weighted by molar-refractivity contribution is 6.23. The second-order valence-electron chi connectivity index (χ2n) is 8.41. The van der Waals surface area contributed by atoms with Gasteiger partial charge in [0.25, 0.3) is 0 Å². The van der Waals surface area contributed by atoms with Crippen molar-refractivity contribution in [3.8, 4) is 0 Å². The third-order valence-electron chi connectivity index (χ3n) is 6.13. The molecule has 1 aliphatic carbocycles. The molecule has 2 aromatic carbocycles. The van der Waals surface area contributed by atoms with Crippen molar-refractivity contribution in [2.45, 2.75) is 0 Å². The highest BCUT2D eigenvalue weighted by Gasteiger charge is 2.18. The lowest BCUT2D eigenvalue weighted by atomic mass is 10.1. The van der Waals surface area contributed by atoms with Crippen molar-refractivity contribution in [1.29, 1.82) is 0 Å². The molecule has 0 atom stereocenters. The van der Waals surface area contributed by atoms with Gasteiger partial charge < -0.3 is 30.3 Å². The molecule has 8 heteroatoms. The van der Waals surface area contributed by atoms with Crippen LogP contribution in [0.25, 0.3) is 0 Å². The van der Waals surface area contributed by atoms with Gasteiger partial charge in [0.05, 0.1) is 49.2 Å². The molecule has 0 spiro atoms. The minimum absolute atomic E-state index is 0.170. The van der Waals surface area contributed by atoms with Crippen LogP contribution in [0.15, 0.2) is 77.1 Å². The molecule has 2 saturated heterocycles. The summed E-state index contributed by atoms with van der Waals surface area (Å²) in [5, 5.41) is 3.22. The van der Waals surface area contributed by atoms with Crippen LogP contribution in [0, 0.1) is 0 Å². The summed E-state index contributed by atoms with van der Waals surface area (Å²) in [6, 6.07) is 16.1. The van der Waals surface area contributed by atoms with Crippen molar-refractivity contribution >= 4 is 34.2 Å². The van der Waals surface area contributed by atoms with Gasteiger partial charge in [-0.15, -0.1) is 0 Å². The van der Waals surface area contributed by atoms with Crippen molar-refractivity contribution in [2.75, 3.05) is 67.7 Å². The summed E-state index contributed by atoms with van der Waals surface area (Å²) in [5.74, 6) is -0.170. The Hall–Kier alpha value is -3.62. The Morgan fingerprint density at radius 3 is 1.85 bits per heavy atom. The molecule has 0 unspecified atom stereocenters. The second kappa shape index (κ2) is 10.1. The third kappa shape index (κ3) is 5.13. The van der Waals surface area contributed by atoms with Crippen LogP contribution in [0.5, 0.6) is 0 Å². The van der Waals surface area contributed by atoms with E-state index in [4.69, 9.17) is 15.2 Å². The Bertz CT molecular complexity index is 1110. The molecule has 34 heavy (non-hydrogen) atoms. The Kier molecular flexibility index (Phi) is 6.60. The largest absolute Gasteiger partial charge is 0.397 e. The lowest BCUT2D eigenvalue weighted by Crippen LogP contribution is -2.36. The summed E-state index contributed by atoms with van der Waals surface area (Å²) in [6.07, 6.45) is 3.13. The number of aliphatic imine (C=N–C) groups is 1. The lowest BCUT2D eigenvalue weighted by Gasteiger charge is -2.29. The topological polar surface area (TPSA) is 92.4 Å². The Balaban J connectivity index is 1.30. The van der Waals surface area contributed by atoms with Crippen LogP contribution in [-0.4, -0.2) is 64.1 Å². The van der Waals surface area contributed by atoms with Crippen LogP contribution in [0.4, 0.5) is 22.7 Å². The van der Waals surface area contributed by atoms with Gasteiger partial charge in [-0.3, -0.25) is 4.79 Å². The molecule has 0 radical (unpaired) electrons. The van der Waals surface area contributed by atoms with Gasteiger partial charge in [0.1, 0.15) is 0 Å². The average molecular weight is 460 g/mol. The van der Waals surface area contributed by atoms with E-state index in [0.29, 0.717) is 17.1 Å². The van der Waals surface area contributed by atoms with Crippen LogP contribution in [0.3, 0.4) is 0 Å². The number of nitrogens with two attached hydrogens (primary N) is 1. The smallest absolute Gasteiger partial charge is 0.204 e. The average Bonchev–Trinajstić information content (AvgIpc) is 2.89. The molecule has 0 bridgehead atoms. The van der Waals surface area contributed by atoms with Crippen molar-refractivity contribution < 1.29 is 14.3 Å². The minimum Gasteiger partial charge on any atom is -0.397 e. The monoisotopic (exact) mass is 459 g/mol. The number of allylic oxidation sites excluding steroid dienone is 2. The number of morpholine rings is 2. The van der Waals surface area contributed by atoms with E-state index in [-0.39, 0.29) is 5.78 Å². The number of rotatable bonds is 5. The van der Waals surface area contributed by atoms with Gasteiger partial charge in [0.15, 0.2) is 0 Å². The maximum atomic E-state index is 12.6. The number of benzene rings is 2. The fourth-order valence-corrected chi connectivity index (χ4v) is 4.21. The summed E-state index contributed by atoms with van der Waals surface area (Å²) >= 11 is 0. The van der Waals surface area contributed by atoms with Crippen LogP contribution in [0.1, 0.15) is 0 Å². The molecule has 2 fully saturated rings. The molecule has 2 aliphatic heterocycles. The van der Waals surface area contributed by atoms with Gasteiger partial charge in [0.2, 0.25) is 5.78 Å². The predicted octanol–water partition coefficient (Wildman–Crippen LogP) is 2.85. The standard InChI is InChI=1S/C26H29N5O3/c27-23-17-26(32)25(29-20-3-7-22(8-4-20)31-11-15-34-16-12-31)18-24(23)28-19-1-5-21(6-2-19)30-9-13-33-14-10-30/h1-8,17-18,29H,9-16,27H2/b28-24-. The molecule has 3 aliphatic rings. The Morgan fingerprint density at radius 2 is 1.29 bits per heavy atom. The molecule has 5 rings (SSSR count). The van der Waals surface area contributed by atoms with Gasteiger partial charge in [-0.2, -0.15) is 0 Å². The van der Waals surface area contributed by atoms with Crippen molar-refractivity contribution in [3.63, 3.8) is 0 Å². The van der Waals surface area contributed by atoms with Gasteiger partial charge in [-0.1, -0.05) is 0 Å². The molecule has 0 saturated carbocycles. The highest BCUT2D eigenvalue weighted by atomic mass is 16.5. The van der Waals surface area contributed by atoms with Gasteiger partial charge in [-0.25, -0.2) is 4.99 Å². The number of ketones is 1. The van der Waals surface area contributed by atoms with Crippen molar-refractivity contribution in [2.24, 2.45) is 10.7 Å². The zero-order valence-corrected chi connectivity index (χ0v) is 19.1. The molecular formula is C26H29N5O3. The summed E-state index contributed by atoms with van der Waals surface area (Å²) in [7, 11) is 0. The number of nitrogens with zero attached hydrogens (tertiary/aromatic N) is 3. The van der Waals surface area contributed by atoms with E-state index in [1.165, 1.54) is 6.08 Å². The van der Waals surface area contributed by atoms with E-state index < -0.39 is 0 Å². The number of anilines is 3. The van der Waals surface area contributed by atoms with E-state index in [1.54, 1.807) is 6.08 Å². The quantitative estimate of drug-likeness (QED) is 0.664. The minimum atomic E-state index is -0.170. The van der Waals surface area contributed by atoms with Crippen molar-refractivity contribution in [1.82, 2.24) is 0 Å². The summed E-state index contributed by atoms with van der Waals surface area (Å²) in [4.78, 5) is 21.8. The lowest BCUT2D eigenvalue weighted by molar-refractivity contribution is -0.111. The number of carbonyl (C=O) groups excluding carboxylic acids is 1. The van der Waals surface area contributed by atoms with Gasteiger partial charge >= 0.3 is 0 Å². The molecule has 2 heterocycles. The van der Waals surface area contributed by atoms with E-state index >= 15 is 0 Å². The summed E-state index contributed by atoms with van der Waals surface area (Å²) in [5.41, 5.74) is 11.4. The number of nitrogens with one attached hydrogen (secondary N) is 1. The number of hydrogen-bond acceptors (Lipinski definition) is 8. The first-order chi connectivity index (χ1) is 16.7. The highest BCUT2D eigenvalue weighted by Crippen LogP contribution is 2.24. The first kappa shape index (κ1) is 22.2. The maximum absolute atomic E-state index is 12.6. The predicted molar refractivity (Wildman–Crippen MR) is 135 cm³/mol. The fourth-order valence-electron chi connectivity index (χ4n) is 4.21. The summed E-state index contributed by atoms with van der Waals surface area (Å²) in [6.45, 7) is 6.52. The zero-order valence-electron chi connectivity index (χ0n) is 19.1. The van der Waals surface area contributed by atoms with E-state index in [0.717, 1.165) is 75.4 Å². The van der Waals surface area contributed by atoms with Crippen LogP contribution < -0.4 is 20.9 Å². The van der Waals surface area contributed by atoms with E-state index in [1.807, 2.05) is 24.3 Å². The Labute approximate surface area is 199 Å². The third-order valence-corrected chi connectivity index (χ3v) is 6.13. The van der Waals surface area contributed by atoms with Crippen LogP contribution in [0.2, 0.25) is 0 Å². The van der Waals surface area contributed by atoms with E-state index in [2.05, 4.69) is 44.4 Å². The van der Waals surface area contributed by atoms with Crippen LogP contribution in [-0.2, 0) is 14.3 Å². The first-order valence-electron chi connectivity index (χ1n) is 11.6. The maximum Gasteiger partial charge on any atom is 0.204 e. The number of carbonyl (C=O) groups is 1. The molecule has 8 nitrogen and oxygen atoms in total. The molecule has 2 aromatic rings. The van der Waals surface area contributed by atoms with Gasteiger partial charge in [-0.05, 0) is 54.6 Å². The number of ether oxygens (including phenoxy) is 2. The van der Waals surface area contributed by atoms with Crippen LogP contribution >= 0.6 is 0 Å². The van der Waals surface area contributed by atoms with E-state index in [9.17, 15) is 4.79 Å². The Morgan fingerprint density at radius 1 is 0.765 bits per heavy atom. The number of hydrogen-bond donors (Lipinski definition) is 2. The molecule has 0 aromatic heterocycles. The fraction of sp³-hybridized carbons (Fsp3) is 0.308. The zero-order chi connectivity index (χ0) is 23.3. The van der Waals surface area contributed by atoms with Crippen molar-refractivity contribution in [3.05, 3.63) is 72.1 Å². The second-order valence-corrected chi connectivity index (χ2v) is 8.41. The first-order valence-corrected chi connectivity index (χ1v) is 11.6. The molecular weight excluding hydrogens is 430 g/mol. The molecule has 3 N–H and O–H groups in total.